The van der Waals surface area contributed by atoms with Gasteiger partial charge in [0, 0.05) is 19.3 Å². The SMILES string of the molecule is CCCCCCCCCCCCCCCCCC(=O)OC[C@H](COC(=O)CCCCCCCCCCCCCCCCCCCCC(C)CC)OC(=O)CCCCCCCCCCC(C)CC. The van der Waals surface area contributed by atoms with E-state index in [0.717, 1.165) is 69.6 Å². The largest absolute Gasteiger partial charge is 0.462 e. The molecule has 0 aromatic carbocycles. The molecular weight excluding hydrogens is 829 g/mol. The molecule has 0 spiro atoms. The maximum atomic E-state index is 12.8. The van der Waals surface area contributed by atoms with Crippen molar-refractivity contribution in [2.24, 2.45) is 11.8 Å². The predicted octanol–water partition coefficient (Wildman–Crippen LogP) is 20.0. The number of rotatable bonds is 55. The lowest BCUT2D eigenvalue weighted by molar-refractivity contribution is -0.167. The Morgan fingerprint density at radius 3 is 0.776 bits per heavy atom. The fourth-order valence-corrected chi connectivity index (χ4v) is 9.34. The van der Waals surface area contributed by atoms with Gasteiger partial charge in [-0.1, -0.05) is 304 Å². The monoisotopic (exact) mass is 947 g/mol. The van der Waals surface area contributed by atoms with E-state index in [4.69, 9.17) is 14.2 Å². The van der Waals surface area contributed by atoms with Gasteiger partial charge in [0.25, 0.3) is 0 Å². The summed E-state index contributed by atoms with van der Waals surface area (Å²) in [6.45, 7) is 11.5. The number of hydrogen-bond donors (Lipinski definition) is 0. The maximum Gasteiger partial charge on any atom is 0.306 e. The van der Waals surface area contributed by atoms with Gasteiger partial charge in [-0.15, -0.1) is 0 Å². The molecule has 6 nitrogen and oxygen atoms in total. The minimum Gasteiger partial charge on any atom is -0.462 e. The predicted molar refractivity (Wildman–Crippen MR) is 289 cm³/mol. The first kappa shape index (κ1) is 65.4. The number of esters is 3. The Morgan fingerprint density at radius 2 is 0.522 bits per heavy atom. The Balaban J connectivity index is 4.22. The molecule has 0 amide bonds. The van der Waals surface area contributed by atoms with Gasteiger partial charge in [0.1, 0.15) is 13.2 Å². The van der Waals surface area contributed by atoms with Gasteiger partial charge in [0.15, 0.2) is 6.10 Å². The van der Waals surface area contributed by atoms with Crippen LogP contribution in [0, 0.1) is 11.8 Å². The first-order chi connectivity index (χ1) is 32.8. The van der Waals surface area contributed by atoms with E-state index in [1.165, 1.54) is 231 Å². The highest BCUT2D eigenvalue weighted by Gasteiger charge is 2.19. The number of carbonyl (C=O) groups is 3. The Bertz CT molecular complexity index is 1030. The lowest BCUT2D eigenvalue weighted by Gasteiger charge is -2.18. The second kappa shape index (κ2) is 53.8. The van der Waals surface area contributed by atoms with E-state index in [0.29, 0.717) is 19.3 Å². The molecule has 0 bridgehead atoms. The van der Waals surface area contributed by atoms with Gasteiger partial charge >= 0.3 is 17.9 Å². The molecule has 0 aromatic heterocycles. The highest BCUT2D eigenvalue weighted by Crippen LogP contribution is 2.19. The molecule has 6 heteroatoms. The lowest BCUT2D eigenvalue weighted by Crippen LogP contribution is -2.30. The van der Waals surface area contributed by atoms with Crippen LogP contribution in [0.1, 0.15) is 343 Å². The van der Waals surface area contributed by atoms with E-state index < -0.39 is 6.10 Å². The van der Waals surface area contributed by atoms with Crippen molar-refractivity contribution in [3.8, 4) is 0 Å². The van der Waals surface area contributed by atoms with Crippen molar-refractivity contribution in [3.05, 3.63) is 0 Å². The zero-order valence-corrected chi connectivity index (χ0v) is 46.0. The summed E-state index contributed by atoms with van der Waals surface area (Å²) in [7, 11) is 0. The molecular formula is C61H118O6. The Kier molecular flexibility index (Phi) is 52.5. The summed E-state index contributed by atoms with van der Waals surface area (Å²) in [6.07, 6.45) is 58.1. The molecule has 0 radical (unpaired) electrons. The van der Waals surface area contributed by atoms with E-state index in [9.17, 15) is 14.4 Å². The first-order valence-corrected chi connectivity index (χ1v) is 30.3. The fraction of sp³-hybridized carbons (Fsp3) is 0.951. The van der Waals surface area contributed by atoms with Crippen LogP contribution >= 0.6 is 0 Å². The van der Waals surface area contributed by atoms with Crippen LogP contribution in [-0.4, -0.2) is 37.2 Å². The minimum atomic E-state index is -0.763. The van der Waals surface area contributed by atoms with Crippen molar-refractivity contribution in [1.82, 2.24) is 0 Å². The second-order valence-corrected chi connectivity index (χ2v) is 21.5. The molecule has 0 aliphatic rings. The number of carbonyl (C=O) groups excluding carboxylic acids is 3. The van der Waals surface area contributed by atoms with Gasteiger partial charge in [-0.2, -0.15) is 0 Å². The standard InChI is InChI=1S/C61H118O6/c1-6-9-10-11-12-13-14-15-20-24-27-30-36-41-46-51-59(62)65-54-58(67-61(64)53-48-43-38-33-32-35-40-45-50-57(5)8-3)55-66-60(63)52-47-42-37-31-28-25-22-19-17-16-18-21-23-26-29-34-39-44-49-56(4)7-2/h56-58H,6-55H2,1-5H3/t56?,57?,58-/m1/s1. The molecule has 398 valence electrons. The van der Waals surface area contributed by atoms with Crippen LogP contribution < -0.4 is 0 Å². The topological polar surface area (TPSA) is 78.9 Å². The van der Waals surface area contributed by atoms with Crippen LogP contribution in [0.5, 0.6) is 0 Å². The second-order valence-electron chi connectivity index (χ2n) is 21.5. The number of unbranched alkanes of at least 4 members (excludes halogenated alkanes) is 38. The molecule has 0 heterocycles. The van der Waals surface area contributed by atoms with Crippen molar-refractivity contribution in [3.63, 3.8) is 0 Å². The molecule has 0 aliphatic carbocycles. The highest BCUT2D eigenvalue weighted by molar-refractivity contribution is 5.71. The molecule has 0 N–H and O–H groups in total. The summed E-state index contributed by atoms with van der Waals surface area (Å²) in [4.78, 5) is 38.2. The van der Waals surface area contributed by atoms with Crippen molar-refractivity contribution in [1.29, 1.82) is 0 Å². The smallest absolute Gasteiger partial charge is 0.306 e. The molecule has 0 saturated heterocycles. The van der Waals surface area contributed by atoms with Gasteiger partial charge in [0.05, 0.1) is 0 Å². The van der Waals surface area contributed by atoms with Gasteiger partial charge in [0.2, 0.25) is 0 Å². The minimum absolute atomic E-state index is 0.0629. The number of ether oxygens (including phenoxy) is 3. The van der Waals surface area contributed by atoms with E-state index >= 15 is 0 Å². The lowest BCUT2D eigenvalue weighted by atomic mass is 9.99. The van der Waals surface area contributed by atoms with E-state index in [-0.39, 0.29) is 31.1 Å². The summed E-state index contributed by atoms with van der Waals surface area (Å²) in [5.74, 6) is 0.916. The number of hydrogen-bond acceptors (Lipinski definition) is 6. The van der Waals surface area contributed by atoms with Gasteiger partial charge < -0.3 is 14.2 Å². The summed E-state index contributed by atoms with van der Waals surface area (Å²) < 4.78 is 16.9. The summed E-state index contributed by atoms with van der Waals surface area (Å²) in [6, 6.07) is 0. The van der Waals surface area contributed by atoms with Crippen molar-refractivity contribution >= 4 is 17.9 Å². The van der Waals surface area contributed by atoms with Crippen molar-refractivity contribution < 1.29 is 28.6 Å². The summed E-state index contributed by atoms with van der Waals surface area (Å²) in [5, 5.41) is 0. The van der Waals surface area contributed by atoms with Crippen LogP contribution in [-0.2, 0) is 28.6 Å². The van der Waals surface area contributed by atoms with Gasteiger partial charge in [-0.25, -0.2) is 0 Å². The quantitative estimate of drug-likeness (QED) is 0.0343. The molecule has 3 atom stereocenters. The average Bonchev–Trinajstić information content (AvgIpc) is 3.33. The van der Waals surface area contributed by atoms with Crippen molar-refractivity contribution in [2.45, 2.75) is 349 Å². The Hall–Kier alpha value is -1.59. The Labute approximate surface area is 418 Å². The van der Waals surface area contributed by atoms with Crippen LogP contribution in [0.3, 0.4) is 0 Å². The summed E-state index contributed by atoms with van der Waals surface area (Å²) in [5.41, 5.74) is 0. The molecule has 0 saturated carbocycles. The zero-order chi connectivity index (χ0) is 48.9. The van der Waals surface area contributed by atoms with Crippen LogP contribution in [0.15, 0.2) is 0 Å². The third-order valence-electron chi connectivity index (χ3n) is 14.7. The van der Waals surface area contributed by atoms with Crippen LogP contribution in [0.25, 0.3) is 0 Å². The van der Waals surface area contributed by atoms with E-state index in [1.807, 2.05) is 0 Å². The van der Waals surface area contributed by atoms with Crippen LogP contribution in [0.4, 0.5) is 0 Å². The first-order valence-electron chi connectivity index (χ1n) is 30.3. The normalized spacial score (nSPS) is 12.9. The Morgan fingerprint density at radius 1 is 0.299 bits per heavy atom. The highest BCUT2D eigenvalue weighted by atomic mass is 16.6. The van der Waals surface area contributed by atoms with Gasteiger partial charge in [-0.3, -0.25) is 14.4 Å². The van der Waals surface area contributed by atoms with E-state index in [2.05, 4.69) is 34.6 Å². The molecule has 0 aromatic rings. The third kappa shape index (κ3) is 52.1. The molecule has 67 heavy (non-hydrogen) atoms. The van der Waals surface area contributed by atoms with Crippen LogP contribution in [0.2, 0.25) is 0 Å². The van der Waals surface area contributed by atoms with E-state index in [1.54, 1.807) is 0 Å². The molecule has 2 unspecified atom stereocenters. The summed E-state index contributed by atoms with van der Waals surface area (Å²) >= 11 is 0. The zero-order valence-electron chi connectivity index (χ0n) is 46.0. The molecule has 0 fully saturated rings. The third-order valence-corrected chi connectivity index (χ3v) is 14.7. The van der Waals surface area contributed by atoms with Crippen molar-refractivity contribution in [2.75, 3.05) is 13.2 Å². The average molecular weight is 948 g/mol. The van der Waals surface area contributed by atoms with Gasteiger partial charge in [-0.05, 0) is 31.1 Å². The fourth-order valence-electron chi connectivity index (χ4n) is 9.34. The molecule has 0 rings (SSSR count). The molecule has 0 aliphatic heterocycles. The maximum absolute atomic E-state index is 12.8.